The zero-order valence-corrected chi connectivity index (χ0v) is 13.3. The van der Waals surface area contributed by atoms with Crippen LogP contribution in [0.4, 0.5) is 11.6 Å². The van der Waals surface area contributed by atoms with Crippen LogP contribution in [0.1, 0.15) is 34.6 Å². The molecule has 0 radical (unpaired) electrons. The predicted molar refractivity (Wildman–Crippen MR) is 84.5 cm³/mol. The van der Waals surface area contributed by atoms with E-state index in [9.17, 15) is 0 Å². The Morgan fingerprint density at radius 1 is 1.20 bits per heavy atom. The van der Waals surface area contributed by atoms with Crippen molar-refractivity contribution in [2.75, 3.05) is 17.7 Å². The zero-order chi connectivity index (χ0) is 14.5. The standard InChI is InChI=1S/C14H21N5S/c1-5-6-12-18-13(15-4)9(2)14(19-12)17-8-11-7-16-10(3)20-11/h7H,5-6,8H2,1-4H3,(H2,15,17,18,19). The fourth-order valence-electron chi connectivity index (χ4n) is 1.97. The van der Waals surface area contributed by atoms with Crippen molar-refractivity contribution in [2.45, 2.75) is 40.2 Å². The van der Waals surface area contributed by atoms with Gasteiger partial charge in [0, 0.05) is 30.1 Å². The normalized spacial score (nSPS) is 10.6. The minimum atomic E-state index is 0.748. The number of aromatic nitrogens is 3. The molecule has 0 amide bonds. The van der Waals surface area contributed by atoms with Crippen LogP contribution < -0.4 is 10.6 Å². The molecular weight excluding hydrogens is 270 g/mol. The Morgan fingerprint density at radius 2 is 1.95 bits per heavy atom. The molecule has 0 saturated heterocycles. The van der Waals surface area contributed by atoms with Crippen LogP contribution in [0.5, 0.6) is 0 Å². The van der Waals surface area contributed by atoms with E-state index in [1.54, 1.807) is 11.3 Å². The van der Waals surface area contributed by atoms with Gasteiger partial charge in [0.1, 0.15) is 17.5 Å². The second-order valence-corrected chi connectivity index (χ2v) is 5.98. The maximum absolute atomic E-state index is 4.61. The van der Waals surface area contributed by atoms with E-state index in [1.807, 2.05) is 27.1 Å². The molecule has 2 N–H and O–H groups in total. The van der Waals surface area contributed by atoms with Crippen molar-refractivity contribution >= 4 is 23.0 Å². The van der Waals surface area contributed by atoms with Crippen molar-refractivity contribution in [3.05, 3.63) is 27.5 Å². The number of hydrogen-bond acceptors (Lipinski definition) is 6. The summed E-state index contributed by atoms with van der Waals surface area (Å²) in [6.45, 7) is 6.93. The second-order valence-electron chi connectivity index (χ2n) is 4.66. The molecule has 20 heavy (non-hydrogen) atoms. The molecule has 2 aromatic heterocycles. The van der Waals surface area contributed by atoms with Crippen molar-refractivity contribution in [1.82, 2.24) is 15.0 Å². The van der Waals surface area contributed by atoms with E-state index in [2.05, 4.69) is 32.5 Å². The maximum Gasteiger partial charge on any atom is 0.135 e. The molecule has 0 atom stereocenters. The van der Waals surface area contributed by atoms with Crippen LogP contribution in [0.15, 0.2) is 6.20 Å². The van der Waals surface area contributed by atoms with Gasteiger partial charge in [0.05, 0.1) is 11.6 Å². The first-order valence-corrected chi connectivity index (χ1v) is 7.66. The van der Waals surface area contributed by atoms with Gasteiger partial charge in [-0.3, -0.25) is 0 Å². The molecule has 0 fully saturated rings. The maximum atomic E-state index is 4.61. The Kier molecular flexibility index (Phi) is 4.89. The molecule has 0 saturated carbocycles. The summed E-state index contributed by atoms with van der Waals surface area (Å²) in [5.74, 6) is 2.68. The molecule has 0 aliphatic carbocycles. The lowest BCUT2D eigenvalue weighted by Crippen LogP contribution is -2.09. The summed E-state index contributed by atoms with van der Waals surface area (Å²) in [4.78, 5) is 14.6. The van der Waals surface area contributed by atoms with E-state index >= 15 is 0 Å². The summed E-state index contributed by atoms with van der Waals surface area (Å²) in [5, 5.41) is 7.62. The fraction of sp³-hybridized carbons (Fsp3) is 0.500. The summed E-state index contributed by atoms with van der Waals surface area (Å²) >= 11 is 1.70. The molecule has 0 unspecified atom stereocenters. The minimum Gasteiger partial charge on any atom is -0.373 e. The number of nitrogens with zero attached hydrogens (tertiary/aromatic N) is 3. The average Bonchev–Trinajstić information content (AvgIpc) is 2.85. The Labute approximate surface area is 123 Å². The van der Waals surface area contributed by atoms with Gasteiger partial charge in [0.15, 0.2) is 0 Å². The first kappa shape index (κ1) is 14.7. The monoisotopic (exact) mass is 291 g/mol. The van der Waals surface area contributed by atoms with Crippen molar-refractivity contribution in [3.8, 4) is 0 Å². The minimum absolute atomic E-state index is 0.748. The van der Waals surface area contributed by atoms with Gasteiger partial charge in [-0.15, -0.1) is 11.3 Å². The molecular formula is C14H21N5S. The Morgan fingerprint density at radius 3 is 2.55 bits per heavy atom. The predicted octanol–water partition coefficient (Wildman–Crippen LogP) is 3.16. The molecule has 108 valence electrons. The quantitative estimate of drug-likeness (QED) is 0.856. The first-order chi connectivity index (χ1) is 9.63. The average molecular weight is 291 g/mol. The number of anilines is 2. The molecule has 0 aliphatic rings. The van der Waals surface area contributed by atoms with E-state index in [4.69, 9.17) is 0 Å². The van der Waals surface area contributed by atoms with Crippen molar-refractivity contribution in [1.29, 1.82) is 0 Å². The Hall–Kier alpha value is -1.69. The van der Waals surface area contributed by atoms with Crippen LogP contribution >= 0.6 is 11.3 Å². The third kappa shape index (κ3) is 3.45. The number of rotatable bonds is 6. The third-order valence-corrected chi connectivity index (χ3v) is 3.91. The third-order valence-electron chi connectivity index (χ3n) is 3.00. The smallest absolute Gasteiger partial charge is 0.135 e. The van der Waals surface area contributed by atoms with Crippen molar-refractivity contribution in [2.24, 2.45) is 0 Å². The van der Waals surface area contributed by atoms with Gasteiger partial charge in [-0.05, 0) is 20.3 Å². The van der Waals surface area contributed by atoms with E-state index in [0.29, 0.717) is 0 Å². The van der Waals surface area contributed by atoms with Crippen LogP contribution in [0.25, 0.3) is 0 Å². The van der Waals surface area contributed by atoms with Gasteiger partial charge in [-0.2, -0.15) is 0 Å². The lowest BCUT2D eigenvalue weighted by molar-refractivity contribution is 0.832. The fourth-order valence-corrected chi connectivity index (χ4v) is 2.71. The summed E-state index contributed by atoms with van der Waals surface area (Å²) in [6, 6.07) is 0. The molecule has 2 heterocycles. The van der Waals surface area contributed by atoms with Gasteiger partial charge >= 0.3 is 0 Å². The highest BCUT2D eigenvalue weighted by molar-refractivity contribution is 7.11. The lowest BCUT2D eigenvalue weighted by Gasteiger charge is -2.13. The number of nitrogens with one attached hydrogen (secondary N) is 2. The van der Waals surface area contributed by atoms with E-state index in [-0.39, 0.29) is 0 Å². The summed E-state index contributed by atoms with van der Waals surface area (Å²) in [6.07, 6.45) is 3.85. The molecule has 6 heteroatoms. The van der Waals surface area contributed by atoms with Gasteiger partial charge in [0.25, 0.3) is 0 Å². The highest BCUT2D eigenvalue weighted by Crippen LogP contribution is 2.21. The van der Waals surface area contributed by atoms with Crippen LogP contribution in [-0.4, -0.2) is 22.0 Å². The van der Waals surface area contributed by atoms with Gasteiger partial charge in [-0.25, -0.2) is 15.0 Å². The number of hydrogen-bond donors (Lipinski definition) is 2. The summed E-state index contributed by atoms with van der Waals surface area (Å²) in [5.41, 5.74) is 1.05. The van der Waals surface area contributed by atoms with Gasteiger partial charge in [0.2, 0.25) is 0 Å². The number of aryl methyl sites for hydroxylation is 2. The molecule has 2 aromatic rings. The lowest BCUT2D eigenvalue weighted by atomic mass is 10.2. The van der Waals surface area contributed by atoms with Crippen LogP contribution in [0, 0.1) is 13.8 Å². The van der Waals surface area contributed by atoms with Crippen molar-refractivity contribution < 1.29 is 0 Å². The first-order valence-electron chi connectivity index (χ1n) is 6.84. The van der Waals surface area contributed by atoms with Crippen LogP contribution in [0.3, 0.4) is 0 Å². The molecule has 0 aliphatic heterocycles. The Balaban J connectivity index is 2.18. The van der Waals surface area contributed by atoms with Crippen LogP contribution in [0.2, 0.25) is 0 Å². The molecule has 5 nitrogen and oxygen atoms in total. The van der Waals surface area contributed by atoms with Gasteiger partial charge in [-0.1, -0.05) is 6.92 Å². The molecule has 2 rings (SSSR count). The van der Waals surface area contributed by atoms with E-state index in [1.165, 1.54) is 4.88 Å². The highest BCUT2D eigenvalue weighted by Gasteiger charge is 2.10. The largest absolute Gasteiger partial charge is 0.373 e. The summed E-state index contributed by atoms with van der Waals surface area (Å²) < 4.78 is 0. The van der Waals surface area contributed by atoms with Gasteiger partial charge < -0.3 is 10.6 Å². The van der Waals surface area contributed by atoms with E-state index < -0.39 is 0 Å². The summed E-state index contributed by atoms with van der Waals surface area (Å²) in [7, 11) is 1.89. The molecule has 0 spiro atoms. The topological polar surface area (TPSA) is 62.7 Å². The van der Waals surface area contributed by atoms with Crippen LogP contribution in [-0.2, 0) is 13.0 Å². The Bertz CT molecular complexity index is 579. The SMILES string of the molecule is CCCc1nc(NC)c(C)c(NCc2cnc(C)s2)n1. The zero-order valence-electron chi connectivity index (χ0n) is 12.4. The highest BCUT2D eigenvalue weighted by atomic mass is 32.1. The molecule has 0 bridgehead atoms. The molecule has 0 aromatic carbocycles. The van der Waals surface area contributed by atoms with E-state index in [0.717, 1.165) is 47.4 Å². The second kappa shape index (κ2) is 6.65. The number of thiazole rings is 1. The van der Waals surface area contributed by atoms with Crippen molar-refractivity contribution in [3.63, 3.8) is 0 Å².